The number of sulfone groups is 1. The maximum Gasteiger partial charge on any atom is 0.348 e. The molecule has 0 aromatic carbocycles. The van der Waals surface area contributed by atoms with Gasteiger partial charge in [0.05, 0.1) is 11.1 Å². The summed E-state index contributed by atoms with van der Waals surface area (Å²) >= 11 is 2.89. The van der Waals surface area contributed by atoms with Crippen LogP contribution >= 0.6 is 15.9 Å². The van der Waals surface area contributed by atoms with Gasteiger partial charge >= 0.3 is 5.97 Å². The van der Waals surface area contributed by atoms with Gasteiger partial charge in [0.1, 0.15) is 0 Å². The van der Waals surface area contributed by atoms with E-state index in [1.54, 1.807) is 0 Å². The second-order valence-corrected chi connectivity index (χ2v) is 6.87. The zero-order valence-corrected chi connectivity index (χ0v) is 13.2. The van der Waals surface area contributed by atoms with Crippen LogP contribution in [0.25, 0.3) is 0 Å². The van der Waals surface area contributed by atoms with Crippen LogP contribution in [0.4, 0.5) is 0 Å². The molecule has 11 heteroatoms. The fraction of sp³-hybridized carbons (Fsp3) is 0.600. The van der Waals surface area contributed by atoms with E-state index in [2.05, 4.69) is 26.1 Å². The van der Waals surface area contributed by atoms with Gasteiger partial charge in [0.25, 0.3) is 11.8 Å². The van der Waals surface area contributed by atoms with Crippen LogP contribution in [0.1, 0.15) is 12.8 Å². The first-order valence-electron chi connectivity index (χ1n) is 5.85. The highest BCUT2D eigenvalue weighted by atomic mass is 79.9. The van der Waals surface area contributed by atoms with E-state index in [9.17, 15) is 27.6 Å². The fourth-order valence-corrected chi connectivity index (χ4v) is 2.60. The van der Waals surface area contributed by atoms with Crippen LogP contribution in [-0.4, -0.2) is 60.6 Å². The van der Waals surface area contributed by atoms with Crippen molar-refractivity contribution in [1.29, 1.82) is 0 Å². The SMILES string of the molecule is O=C(CBr)NCCS(=O)(=O)CC(=O)ON1C(=O)CCC1=O. The predicted octanol–water partition coefficient (Wildman–Crippen LogP) is -1.48. The van der Waals surface area contributed by atoms with Crippen molar-refractivity contribution in [1.82, 2.24) is 10.4 Å². The number of halogens is 1. The summed E-state index contributed by atoms with van der Waals surface area (Å²) in [6.45, 7) is -0.151. The van der Waals surface area contributed by atoms with Crippen LogP contribution in [-0.2, 0) is 33.9 Å². The van der Waals surface area contributed by atoms with Crippen LogP contribution in [0.3, 0.4) is 0 Å². The molecule has 0 saturated carbocycles. The summed E-state index contributed by atoms with van der Waals surface area (Å²) in [7, 11) is -3.82. The van der Waals surface area contributed by atoms with Crippen molar-refractivity contribution >= 4 is 49.5 Å². The van der Waals surface area contributed by atoms with Crippen molar-refractivity contribution in [2.24, 2.45) is 0 Å². The van der Waals surface area contributed by atoms with Gasteiger partial charge in [-0.2, -0.15) is 0 Å². The maximum atomic E-state index is 11.6. The molecule has 0 aliphatic carbocycles. The van der Waals surface area contributed by atoms with E-state index in [4.69, 9.17) is 0 Å². The summed E-state index contributed by atoms with van der Waals surface area (Å²) in [5.41, 5.74) is 0. The number of rotatable bonds is 7. The Hall–Kier alpha value is -1.49. The van der Waals surface area contributed by atoms with Crippen LogP contribution < -0.4 is 5.32 Å². The summed E-state index contributed by atoms with van der Waals surface area (Å²) in [6, 6.07) is 0. The Kier molecular flexibility index (Phi) is 6.27. The molecule has 3 amide bonds. The highest BCUT2D eigenvalue weighted by molar-refractivity contribution is 9.09. The molecule has 0 unspecified atom stereocenters. The minimum absolute atomic E-state index is 0.0360. The molecule has 1 aliphatic heterocycles. The first-order valence-corrected chi connectivity index (χ1v) is 8.79. The molecular formula is C10H13BrN2O7S. The van der Waals surface area contributed by atoms with Gasteiger partial charge in [0.2, 0.25) is 5.91 Å². The molecule has 0 atom stereocenters. The highest BCUT2D eigenvalue weighted by Crippen LogP contribution is 2.12. The Labute approximate surface area is 129 Å². The van der Waals surface area contributed by atoms with E-state index in [0.717, 1.165) is 0 Å². The van der Waals surface area contributed by atoms with Gasteiger partial charge in [0.15, 0.2) is 15.6 Å². The third-order valence-electron chi connectivity index (χ3n) is 2.39. The quantitative estimate of drug-likeness (QED) is 0.418. The minimum Gasteiger partial charge on any atom is -0.354 e. The normalized spacial score (nSPS) is 15.2. The first-order chi connectivity index (χ1) is 9.75. The Morgan fingerprint density at radius 1 is 1.24 bits per heavy atom. The lowest BCUT2D eigenvalue weighted by Gasteiger charge is -2.12. The van der Waals surface area contributed by atoms with E-state index < -0.39 is 39.1 Å². The smallest absolute Gasteiger partial charge is 0.348 e. The van der Waals surface area contributed by atoms with Crippen LogP contribution in [0, 0.1) is 0 Å². The van der Waals surface area contributed by atoms with Gasteiger partial charge in [-0.1, -0.05) is 15.9 Å². The number of carbonyl (C=O) groups excluding carboxylic acids is 4. The topological polar surface area (TPSA) is 127 Å². The van der Waals surface area contributed by atoms with Gasteiger partial charge in [-0.05, 0) is 0 Å². The third kappa shape index (κ3) is 5.79. The number of hydrogen-bond acceptors (Lipinski definition) is 7. The van der Waals surface area contributed by atoms with E-state index in [0.29, 0.717) is 0 Å². The second kappa shape index (κ2) is 7.50. The van der Waals surface area contributed by atoms with Gasteiger partial charge in [0, 0.05) is 19.4 Å². The summed E-state index contributed by atoms with van der Waals surface area (Å²) in [5.74, 6) is -4.41. The Morgan fingerprint density at radius 3 is 2.33 bits per heavy atom. The standard InChI is InChI=1S/C10H13BrN2O7S/c11-5-7(14)12-3-4-21(18,19)6-10(17)20-13-8(15)1-2-9(13)16/h1-6H2,(H,12,14). The first kappa shape index (κ1) is 17.6. The monoisotopic (exact) mass is 384 g/mol. The molecule has 0 bridgehead atoms. The summed E-state index contributed by atoms with van der Waals surface area (Å²) in [6.07, 6.45) is -0.144. The number of hydroxylamine groups is 2. The molecule has 1 aliphatic rings. The molecule has 1 fully saturated rings. The van der Waals surface area contributed by atoms with Crippen molar-refractivity contribution in [3.05, 3.63) is 0 Å². The molecule has 0 radical (unpaired) electrons. The van der Waals surface area contributed by atoms with E-state index in [1.807, 2.05) is 0 Å². The largest absolute Gasteiger partial charge is 0.354 e. The lowest BCUT2D eigenvalue weighted by atomic mass is 10.4. The van der Waals surface area contributed by atoms with Crippen LogP contribution in [0.5, 0.6) is 0 Å². The van der Waals surface area contributed by atoms with Gasteiger partial charge in [-0.25, -0.2) is 13.2 Å². The molecule has 1 N–H and O–H groups in total. The zero-order chi connectivity index (χ0) is 16.0. The van der Waals surface area contributed by atoms with Crippen LogP contribution in [0.15, 0.2) is 0 Å². The van der Waals surface area contributed by atoms with Crippen molar-refractivity contribution in [2.45, 2.75) is 12.8 Å². The van der Waals surface area contributed by atoms with Crippen molar-refractivity contribution < 1.29 is 32.4 Å². The second-order valence-electron chi connectivity index (χ2n) is 4.12. The highest BCUT2D eigenvalue weighted by Gasteiger charge is 2.33. The van der Waals surface area contributed by atoms with Crippen molar-refractivity contribution in [2.75, 3.05) is 23.4 Å². The number of carbonyl (C=O) groups is 4. The van der Waals surface area contributed by atoms with Gasteiger partial charge < -0.3 is 10.2 Å². The Bertz CT molecular complexity index is 544. The molecule has 0 spiro atoms. The van der Waals surface area contributed by atoms with Crippen LogP contribution in [0.2, 0.25) is 0 Å². The minimum atomic E-state index is -3.82. The van der Waals surface area contributed by atoms with Gasteiger partial charge in [-0.3, -0.25) is 14.4 Å². The molecule has 0 aromatic heterocycles. The number of alkyl halides is 1. The Morgan fingerprint density at radius 2 is 1.81 bits per heavy atom. The molecule has 9 nitrogen and oxygen atoms in total. The molecule has 118 valence electrons. The lowest BCUT2D eigenvalue weighted by Crippen LogP contribution is -2.36. The molecule has 0 aromatic rings. The maximum absolute atomic E-state index is 11.6. The average molecular weight is 385 g/mol. The van der Waals surface area contributed by atoms with Gasteiger partial charge in [-0.15, -0.1) is 5.06 Å². The summed E-state index contributed by atoms with van der Waals surface area (Å²) in [4.78, 5) is 49.1. The molecular weight excluding hydrogens is 372 g/mol. The lowest BCUT2D eigenvalue weighted by molar-refractivity contribution is -0.195. The number of nitrogens with zero attached hydrogens (tertiary/aromatic N) is 1. The zero-order valence-electron chi connectivity index (χ0n) is 10.8. The van der Waals surface area contributed by atoms with E-state index in [1.165, 1.54) is 0 Å². The third-order valence-corrected chi connectivity index (χ3v) is 4.40. The van der Waals surface area contributed by atoms with E-state index in [-0.39, 0.29) is 35.7 Å². The van der Waals surface area contributed by atoms with Crippen molar-refractivity contribution in [3.63, 3.8) is 0 Å². The number of nitrogens with one attached hydrogen (secondary N) is 1. The Balaban J connectivity index is 2.44. The number of amides is 3. The van der Waals surface area contributed by atoms with E-state index >= 15 is 0 Å². The average Bonchev–Trinajstić information content (AvgIpc) is 2.69. The summed E-state index contributed by atoms with van der Waals surface area (Å²) < 4.78 is 23.2. The molecule has 1 saturated heterocycles. The number of hydrogen-bond donors (Lipinski definition) is 1. The number of imide groups is 1. The fourth-order valence-electron chi connectivity index (χ4n) is 1.43. The molecule has 1 rings (SSSR count). The predicted molar refractivity (Wildman–Crippen MR) is 72.6 cm³/mol. The summed E-state index contributed by atoms with van der Waals surface area (Å²) in [5, 5.41) is 2.63. The van der Waals surface area contributed by atoms with Crippen molar-refractivity contribution in [3.8, 4) is 0 Å². The molecule has 1 heterocycles. The molecule has 21 heavy (non-hydrogen) atoms.